The van der Waals surface area contributed by atoms with Gasteiger partial charge in [-0.2, -0.15) is 0 Å². The Hall–Kier alpha value is -3.42. The van der Waals surface area contributed by atoms with Gasteiger partial charge in [0.05, 0.1) is 18.3 Å². The molecule has 1 aliphatic heterocycles. The van der Waals surface area contributed by atoms with Gasteiger partial charge >= 0.3 is 5.97 Å². The fraction of sp³-hybridized carbons (Fsp3) is 0.273. The van der Waals surface area contributed by atoms with Gasteiger partial charge in [-0.05, 0) is 42.7 Å². The molecule has 3 aromatic rings. The summed E-state index contributed by atoms with van der Waals surface area (Å²) in [6.45, 7) is 1.52. The number of halogens is 2. The molecule has 1 fully saturated rings. The van der Waals surface area contributed by atoms with E-state index in [1.807, 2.05) is 4.90 Å². The van der Waals surface area contributed by atoms with E-state index >= 15 is 0 Å². The molecule has 2 heterocycles. The second-order valence-electron chi connectivity index (χ2n) is 7.29. The number of fused-ring (bicyclic) bond motifs is 1. The number of aromatic nitrogens is 1. The number of hydrogen-bond acceptors (Lipinski definition) is 4. The topological polar surface area (TPSA) is 71.8 Å². The minimum absolute atomic E-state index is 0.0238. The Morgan fingerprint density at radius 3 is 2.50 bits per heavy atom. The Bertz CT molecular complexity index is 1200. The van der Waals surface area contributed by atoms with Crippen molar-refractivity contribution in [3.63, 3.8) is 0 Å². The lowest BCUT2D eigenvalue weighted by atomic mass is 10.1. The monoisotopic (exact) mass is 414 g/mol. The molecule has 30 heavy (non-hydrogen) atoms. The summed E-state index contributed by atoms with van der Waals surface area (Å²) < 4.78 is 35.4. The summed E-state index contributed by atoms with van der Waals surface area (Å²) in [5, 5.41) is 9.41. The van der Waals surface area contributed by atoms with Gasteiger partial charge in [-0.3, -0.25) is 4.79 Å². The van der Waals surface area contributed by atoms with Gasteiger partial charge < -0.3 is 19.3 Å². The van der Waals surface area contributed by atoms with E-state index < -0.39 is 28.6 Å². The Balaban J connectivity index is 1.90. The van der Waals surface area contributed by atoms with Crippen molar-refractivity contribution < 1.29 is 23.4 Å². The highest BCUT2D eigenvalue weighted by molar-refractivity contribution is 5.93. The average molecular weight is 414 g/mol. The third-order valence-electron chi connectivity index (χ3n) is 5.40. The predicted molar refractivity (Wildman–Crippen MR) is 109 cm³/mol. The molecule has 1 N–H and O–H groups in total. The standard InChI is InChI=1S/C22H20F2N2O4/c1-30-20-5-4-13(8-17(20)24)11-26-12-15(22(28)29)21(27)14-9-16(23)19(10-18(14)26)25-6-2-3-7-25/h4-5,8-10,12H,2-3,6-7,11H2,1H3,(H,28,29). The quantitative estimate of drug-likeness (QED) is 0.690. The first kappa shape index (κ1) is 19.9. The Morgan fingerprint density at radius 1 is 1.13 bits per heavy atom. The number of benzene rings is 2. The van der Waals surface area contributed by atoms with Crippen molar-refractivity contribution in [2.45, 2.75) is 19.4 Å². The number of hydrogen-bond donors (Lipinski definition) is 1. The first-order valence-corrected chi connectivity index (χ1v) is 9.56. The zero-order chi connectivity index (χ0) is 21.4. The molecule has 2 aromatic carbocycles. The van der Waals surface area contributed by atoms with Crippen LogP contribution in [0, 0.1) is 11.6 Å². The lowest BCUT2D eigenvalue weighted by molar-refractivity contribution is 0.0695. The van der Waals surface area contributed by atoms with E-state index in [4.69, 9.17) is 4.74 Å². The van der Waals surface area contributed by atoms with Crippen LogP contribution < -0.4 is 15.1 Å². The number of rotatable bonds is 5. The maximum atomic E-state index is 14.8. The van der Waals surface area contributed by atoms with Crippen molar-refractivity contribution >= 4 is 22.6 Å². The second kappa shape index (κ2) is 7.78. The molecule has 0 radical (unpaired) electrons. The van der Waals surface area contributed by atoms with Gasteiger partial charge in [-0.15, -0.1) is 0 Å². The number of methoxy groups -OCH3 is 1. The van der Waals surface area contributed by atoms with Gasteiger partial charge in [0.25, 0.3) is 0 Å². The van der Waals surface area contributed by atoms with Crippen LogP contribution in [0.15, 0.2) is 41.3 Å². The van der Waals surface area contributed by atoms with Crippen molar-refractivity contribution in [2.75, 3.05) is 25.1 Å². The van der Waals surface area contributed by atoms with Crippen molar-refractivity contribution in [3.05, 3.63) is 69.5 Å². The lowest BCUT2D eigenvalue weighted by Crippen LogP contribution is -2.22. The van der Waals surface area contributed by atoms with Gasteiger partial charge in [-0.1, -0.05) is 6.07 Å². The number of carboxylic acids is 1. The van der Waals surface area contributed by atoms with Crippen molar-refractivity contribution in [3.8, 4) is 5.75 Å². The maximum Gasteiger partial charge on any atom is 0.341 e. The summed E-state index contributed by atoms with van der Waals surface area (Å²) in [6.07, 6.45) is 3.13. The fourth-order valence-electron chi connectivity index (χ4n) is 3.89. The van der Waals surface area contributed by atoms with Crippen molar-refractivity contribution in [1.29, 1.82) is 0 Å². The molecule has 6 nitrogen and oxygen atoms in total. The van der Waals surface area contributed by atoms with E-state index in [0.29, 0.717) is 29.9 Å². The summed E-state index contributed by atoms with van der Waals surface area (Å²) in [6, 6.07) is 7.08. The maximum absolute atomic E-state index is 14.8. The highest BCUT2D eigenvalue weighted by Crippen LogP contribution is 2.28. The summed E-state index contributed by atoms with van der Waals surface area (Å²) >= 11 is 0. The van der Waals surface area contributed by atoms with Crippen LogP contribution in [-0.4, -0.2) is 35.8 Å². The van der Waals surface area contributed by atoms with E-state index in [0.717, 1.165) is 18.9 Å². The number of aromatic carboxylic acids is 1. The molecule has 156 valence electrons. The summed E-state index contributed by atoms with van der Waals surface area (Å²) in [5.41, 5.74) is 0.0923. The molecular formula is C22H20F2N2O4. The molecule has 0 unspecified atom stereocenters. The van der Waals surface area contributed by atoms with E-state index in [2.05, 4.69) is 0 Å². The number of ether oxygens (including phenoxy) is 1. The van der Waals surface area contributed by atoms with Crippen LogP contribution in [0.5, 0.6) is 5.75 Å². The molecule has 1 aromatic heterocycles. The minimum atomic E-state index is -1.40. The molecule has 0 spiro atoms. The van der Waals surface area contributed by atoms with E-state index in [-0.39, 0.29) is 17.7 Å². The van der Waals surface area contributed by atoms with Gasteiger partial charge in [0, 0.05) is 31.2 Å². The molecule has 0 aliphatic carbocycles. The third-order valence-corrected chi connectivity index (χ3v) is 5.40. The van der Waals surface area contributed by atoms with Crippen LogP contribution in [0.25, 0.3) is 10.9 Å². The van der Waals surface area contributed by atoms with Crippen molar-refractivity contribution in [2.24, 2.45) is 0 Å². The normalized spacial score (nSPS) is 13.8. The van der Waals surface area contributed by atoms with Crippen LogP contribution in [0.3, 0.4) is 0 Å². The molecular weight excluding hydrogens is 394 g/mol. The third kappa shape index (κ3) is 3.49. The first-order chi connectivity index (χ1) is 14.4. The molecule has 0 atom stereocenters. The highest BCUT2D eigenvalue weighted by atomic mass is 19.1. The number of anilines is 1. The Kier molecular flexibility index (Phi) is 5.15. The lowest BCUT2D eigenvalue weighted by Gasteiger charge is -2.20. The molecule has 0 bridgehead atoms. The Morgan fingerprint density at radius 2 is 1.87 bits per heavy atom. The van der Waals surface area contributed by atoms with Crippen LogP contribution >= 0.6 is 0 Å². The number of carbonyl (C=O) groups is 1. The molecule has 0 saturated carbocycles. The van der Waals surface area contributed by atoms with Crippen LogP contribution in [0.4, 0.5) is 14.5 Å². The smallest absolute Gasteiger partial charge is 0.341 e. The average Bonchev–Trinajstić information content (AvgIpc) is 3.24. The number of pyridine rings is 1. The van der Waals surface area contributed by atoms with Gasteiger partial charge in [0.1, 0.15) is 11.4 Å². The second-order valence-corrected chi connectivity index (χ2v) is 7.29. The van der Waals surface area contributed by atoms with E-state index in [9.17, 15) is 23.5 Å². The van der Waals surface area contributed by atoms with Crippen LogP contribution in [0.2, 0.25) is 0 Å². The molecule has 8 heteroatoms. The Labute approximate surface area is 170 Å². The molecule has 1 aliphatic rings. The predicted octanol–water partition coefficient (Wildman–Crippen LogP) is 3.64. The fourth-order valence-corrected chi connectivity index (χ4v) is 3.89. The minimum Gasteiger partial charge on any atom is -0.494 e. The molecule has 4 rings (SSSR count). The van der Waals surface area contributed by atoms with Gasteiger partial charge in [0.15, 0.2) is 11.6 Å². The largest absolute Gasteiger partial charge is 0.494 e. The van der Waals surface area contributed by atoms with E-state index in [1.54, 1.807) is 16.7 Å². The van der Waals surface area contributed by atoms with Gasteiger partial charge in [-0.25, -0.2) is 13.6 Å². The first-order valence-electron chi connectivity index (χ1n) is 9.56. The zero-order valence-electron chi connectivity index (χ0n) is 16.3. The van der Waals surface area contributed by atoms with E-state index in [1.165, 1.54) is 25.4 Å². The van der Waals surface area contributed by atoms with Gasteiger partial charge in [0.2, 0.25) is 5.43 Å². The zero-order valence-corrected chi connectivity index (χ0v) is 16.3. The molecule has 1 saturated heterocycles. The van der Waals surface area contributed by atoms with Crippen LogP contribution in [-0.2, 0) is 6.54 Å². The molecule has 0 amide bonds. The number of nitrogens with zero attached hydrogens (tertiary/aromatic N) is 2. The van der Waals surface area contributed by atoms with Crippen LogP contribution in [0.1, 0.15) is 28.8 Å². The number of carboxylic acid groups (broad SMARTS) is 1. The summed E-state index contributed by atoms with van der Waals surface area (Å²) in [5.74, 6) is -2.43. The SMILES string of the molecule is COc1ccc(Cn2cc(C(=O)O)c(=O)c3cc(F)c(N4CCCC4)cc32)cc1F. The summed E-state index contributed by atoms with van der Waals surface area (Å²) in [4.78, 5) is 26.1. The highest BCUT2D eigenvalue weighted by Gasteiger charge is 2.21. The summed E-state index contributed by atoms with van der Waals surface area (Å²) in [7, 11) is 1.36. The van der Waals surface area contributed by atoms with Crippen molar-refractivity contribution in [1.82, 2.24) is 4.57 Å².